The van der Waals surface area contributed by atoms with Crippen LogP contribution in [-0.4, -0.2) is 24.9 Å². The molecule has 2 amide bonds. The lowest BCUT2D eigenvalue weighted by atomic mass is 10.0. The van der Waals surface area contributed by atoms with E-state index < -0.39 is 0 Å². The number of nitrogens with one attached hydrogen (secondary N) is 1. The van der Waals surface area contributed by atoms with E-state index >= 15 is 0 Å². The van der Waals surface area contributed by atoms with Gasteiger partial charge in [0.2, 0.25) is 11.8 Å². The van der Waals surface area contributed by atoms with Crippen LogP contribution in [0.2, 0.25) is 0 Å². The first-order valence-corrected chi connectivity index (χ1v) is 8.89. The highest BCUT2D eigenvalue weighted by Crippen LogP contribution is 2.42. The van der Waals surface area contributed by atoms with Crippen molar-refractivity contribution < 1.29 is 9.59 Å². The highest BCUT2D eigenvalue weighted by atomic mass is 16.2. The molecule has 1 fully saturated rings. The second-order valence-corrected chi connectivity index (χ2v) is 6.67. The third-order valence-corrected chi connectivity index (χ3v) is 4.90. The molecule has 1 N–H and O–H groups in total. The van der Waals surface area contributed by atoms with Crippen LogP contribution in [0.3, 0.4) is 0 Å². The number of carbonyl (C=O) groups excluding carboxylic acids is 2. The number of rotatable bonds is 6. The van der Waals surface area contributed by atoms with Crippen molar-refractivity contribution in [2.24, 2.45) is 11.8 Å². The van der Waals surface area contributed by atoms with Crippen molar-refractivity contribution in [3.63, 3.8) is 0 Å². The molecule has 1 aromatic carbocycles. The lowest BCUT2D eigenvalue weighted by Crippen LogP contribution is -2.38. The molecule has 124 valence electrons. The summed E-state index contributed by atoms with van der Waals surface area (Å²) in [6, 6.07) is 8.12. The molecule has 0 aromatic heterocycles. The average Bonchev–Trinajstić information content (AvgIpc) is 3.38. The number of hydrogen-bond acceptors (Lipinski definition) is 2. The number of carbonyl (C=O) groups is 2. The number of hydrogen-bond donors (Lipinski definition) is 1. The minimum Gasteiger partial charge on any atom is -0.356 e. The van der Waals surface area contributed by atoms with Crippen LogP contribution in [0.15, 0.2) is 24.3 Å². The van der Waals surface area contributed by atoms with Crippen LogP contribution in [0.4, 0.5) is 5.69 Å². The van der Waals surface area contributed by atoms with Gasteiger partial charge in [0.1, 0.15) is 0 Å². The zero-order chi connectivity index (χ0) is 16.2. The van der Waals surface area contributed by atoms with Gasteiger partial charge in [-0.15, -0.1) is 0 Å². The fraction of sp³-hybridized carbons (Fsp3) is 0.579. The SMILES string of the molecule is CCCCCNC(=O)C1CC1C(=O)N1CCCc2ccccc21. The molecule has 1 aromatic rings. The summed E-state index contributed by atoms with van der Waals surface area (Å²) in [7, 11) is 0. The number of benzene rings is 1. The Bertz CT molecular complexity index is 584. The third kappa shape index (κ3) is 3.57. The Labute approximate surface area is 138 Å². The molecule has 3 rings (SSSR count). The van der Waals surface area contributed by atoms with Crippen LogP contribution in [0, 0.1) is 11.8 Å². The summed E-state index contributed by atoms with van der Waals surface area (Å²) in [6.07, 6.45) is 6.05. The molecule has 1 saturated carbocycles. The van der Waals surface area contributed by atoms with E-state index in [2.05, 4.69) is 18.3 Å². The quantitative estimate of drug-likeness (QED) is 0.821. The van der Waals surface area contributed by atoms with Gasteiger partial charge in [-0.3, -0.25) is 9.59 Å². The standard InChI is InChI=1S/C19H26N2O2/c1-2-3-6-11-20-18(22)15-13-16(15)19(23)21-12-7-9-14-8-4-5-10-17(14)21/h4-5,8,10,15-16H,2-3,6-7,9,11-13H2,1H3,(H,20,22). The van der Waals surface area contributed by atoms with Crippen LogP contribution >= 0.6 is 0 Å². The maximum atomic E-state index is 12.8. The first-order valence-electron chi connectivity index (χ1n) is 8.89. The van der Waals surface area contributed by atoms with Gasteiger partial charge >= 0.3 is 0 Å². The first kappa shape index (κ1) is 16.0. The number of para-hydroxylation sites is 1. The summed E-state index contributed by atoms with van der Waals surface area (Å²) >= 11 is 0. The lowest BCUT2D eigenvalue weighted by Gasteiger charge is -2.29. The first-order chi connectivity index (χ1) is 11.2. The monoisotopic (exact) mass is 314 g/mol. The Morgan fingerprint density at radius 1 is 1.22 bits per heavy atom. The van der Waals surface area contributed by atoms with Crippen molar-refractivity contribution in [2.45, 2.75) is 45.4 Å². The fourth-order valence-corrected chi connectivity index (χ4v) is 3.44. The molecule has 2 aliphatic rings. The van der Waals surface area contributed by atoms with E-state index in [1.807, 2.05) is 23.1 Å². The van der Waals surface area contributed by atoms with Crippen LogP contribution in [0.5, 0.6) is 0 Å². The largest absolute Gasteiger partial charge is 0.356 e. The summed E-state index contributed by atoms with van der Waals surface area (Å²) in [5.74, 6) is -0.0406. The Balaban J connectivity index is 1.56. The number of unbranched alkanes of at least 4 members (excludes halogenated alkanes) is 2. The molecule has 0 spiro atoms. The molecular formula is C19H26N2O2. The van der Waals surface area contributed by atoms with E-state index in [1.54, 1.807) is 0 Å². The van der Waals surface area contributed by atoms with Gasteiger partial charge in [0.15, 0.2) is 0 Å². The Morgan fingerprint density at radius 3 is 2.87 bits per heavy atom. The Hall–Kier alpha value is -1.84. The van der Waals surface area contributed by atoms with E-state index in [1.165, 1.54) is 5.56 Å². The highest BCUT2D eigenvalue weighted by Gasteiger charge is 2.49. The van der Waals surface area contributed by atoms with E-state index in [9.17, 15) is 9.59 Å². The van der Waals surface area contributed by atoms with Gasteiger partial charge in [-0.1, -0.05) is 38.0 Å². The van der Waals surface area contributed by atoms with Crippen molar-refractivity contribution in [3.05, 3.63) is 29.8 Å². The molecule has 0 radical (unpaired) electrons. The Kier molecular flexibility index (Phi) is 4.99. The van der Waals surface area contributed by atoms with Crippen molar-refractivity contribution in [3.8, 4) is 0 Å². The lowest BCUT2D eigenvalue weighted by molar-refractivity contribution is -0.126. The van der Waals surface area contributed by atoms with Gasteiger partial charge in [-0.2, -0.15) is 0 Å². The van der Waals surface area contributed by atoms with Crippen molar-refractivity contribution in [1.82, 2.24) is 5.32 Å². The van der Waals surface area contributed by atoms with Crippen LogP contribution in [0.1, 0.15) is 44.6 Å². The normalized spacial score (nSPS) is 22.4. The van der Waals surface area contributed by atoms with Gasteiger partial charge in [0.25, 0.3) is 0 Å². The zero-order valence-electron chi connectivity index (χ0n) is 13.9. The van der Waals surface area contributed by atoms with E-state index in [0.29, 0.717) is 6.42 Å². The summed E-state index contributed by atoms with van der Waals surface area (Å²) in [4.78, 5) is 26.8. The van der Waals surface area contributed by atoms with Crippen LogP contribution in [0.25, 0.3) is 0 Å². The van der Waals surface area contributed by atoms with Crippen molar-refractivity contribution in [2.75, 3.05) is 18.0 Å². The number of fused-ring (bicyclic) bond motifs is 1. The van der Waals surface area contributed by atoms with Gasteiger partial charge in [-0.25, -0.2) is 0 Å². The molecule has 0 saturated heterocycles. The van der Waals surface area contributed by atoms with Crippen molar-refractivity contribution in [1.29, 1.82) is 0 Å². The second-order valence-electron chi connectivity index (χ2n) is 6.67. The summed E-state index contributed by atoms with van der Waals surface area (Å²) < 4.78 is 0. The molecule has 4 heteroatoms. The minimum absolute atomic E-state index is 0.0600. The topological polar surface area (TPSA) is 49.4 Å². The number of amides is 2. The maximum absolute atomic E-state index is 12.8. The molecule has 1 aliphatic heterocycles. The molecule has 0 bridgehead atoms. The minimum atomic E-state index is -0.118. The van der Waals surface area contributed by atoms with E-state index in [-0.39, 0.29) is 23.7 Å². The van der Waals surface area contributed by atoms with Gasteiger partial charge in [0.05, 0.1) is 11.8 Å². The molecule has 2 atom stereocenters. The smallest absolute Gasteiger partial charge is 0.230 e. The molecular weight excluding hydrogens is 288 g/mol. The zero-order valence-corrected chi connectivity index (χ0v) is 13.9. The van der Waals surface area contributed by atoms with Crippen molar-refractivity contribution >= 4 is 17.5 Å². The summed E-state index contributed by atoms with van der Waals surface area (Å²) in [5.41, 5.74) is 2.28. The highest BCUT2D eigenvalue weighted by molar-refractivity contribution is 6.01. The predicted molar refractivity (Wildman–Crippen MR) is 91.2 cm³/mol. The fourth-order valence-electron chi connectivity index (χ4n) is 3.44. The predicted octanol–water partition coefficient (Wildman–Crippen LogP) is 2.91. The number of anilines is 1. The van der Waals surface area contributed by atoms with Gasteiger partial charge < -0.3 is 10.2 Å². The molecule has 1 aliphatic carbocycles. The van der Waals surface area contributed by atoms with E-state index in [0.717, 1.165) is 50.9 Å². The van der Waals surface area contributed by atoms with E-state index in [4.69, 9.17) is 0 Å². The summed E-state index contributed by atoms with van der Waals surface area (Å²) in [5, 5.41) is 2.98. The number of aryl methyl sites for hydroxylation is 1. The van der Waals surface area contributed by atoms with Crippen LogP contribution in [-0.2, 0) is 16.0 Å². The third-order valence-electron chi connectivity index (χ3n) is 4.90. The van der Waals surface area contributed by atoms with Gasteiger partial charge in [0, 0.05) is 18.8 Å². The molecule has 2 unspecified atom stereocenters. The van der Waals surface area contributed by atoms with Crippen LogP contribution < -0.4 is 10.2 Å². The number of nitrogens with zero attached hydrogens (tertiary/aromatic N) is 1. The summed E-state index contributed by atoms with van der Waals surface area (Å²) in [6.45, 7) is 3.65. The second kappa shape index (κ2) is 7.16. The molecule has 4 nitrogen and oxygen atoms in total. The maximum Gasteiger partial charge on any atom is 0.230 e. The average molecular weight is 314 g/mol. The van der Waals surface area contributed by atoms with Gasteiger partial charge in [-0.05, 0) is 37.3 Å². The molecule has 1 heterocycles. The Morgan fingerprint density at radius 2 is 2.04 bits per heavy atom. The molecule has 23 heavy (non-hydrogen) atoms.